The van der Waals surface area contributed by atoms with Gasteiger partial charge in [-0.3, -0.25) is 14.4 Å². The van der Waals surface area contributed by atoms with E-state index in [1.54, 1.807) is 0 Å². The van der Waals surface area contributed by atoms with Crippen molar-refractivity contribution < 1.29 is 23.9 Å². The second-order valence-electron chi connectivity index (χ2n) is 19.5. The fourth-order valence-electron chi connectivity index (χ4n) is 10.1. The molecule has 9 heteroatoms. The van der Waals surface area contributed by atoms with Crippen LogP contribution in [0.5, 0.6) is 0 Å². The first-order valence-electron chi connectivity index (χ1n) is 23.7. The number of hydrogen-bond donors (Lipinski definition) is 4. The number of ketones is 1. The van der Waals surface area contributed by atoms with Crippen LogP contribution in [-0.4, -0.2) is 46.4 Å². The Morgan fingerprint density at radius 1 is 0.794 bits per heavy atom. The fraction of sp³-hybridized carbons (Fsp3) is 0.537. The number of carbonyl (C=O) groups is 3. The van der Waals surface area contributed by atoms with Crippen LogP contribution in [0.1, 0.15) is 173 Å². The summed E-state index contributed by atoms with van der Waals surface area (Å²) in [6.07, 6.45) is 22.2. The monoisotopic (exact) mass is 859 g/mol. The van der Waals surface area contributed by atoms with Gasteiger partial charge in [0.05, 0.1) is 12.8 Å². The Morgan fingerprint density at radius 2 is 1.41 bits per heavy atom. The maximum absolute atomic E-state index is 14.4. The van der Waals surface area contributed by atoms with Crippen molar-refractivity contribution in [3.8, 4) is 0 Å². The minimum Gasteiger partial charge on any atom is -0.468 e. The van der Waals surface area contributed by atoms with E-state index in [-0.39, 0.29) is 36.6 Å². The van der Waals surface area contributed by atoms with Gasteiger partial charge >= 0.3 is 11.9 Å². The number of esters is 2. The first-order chi connectivity index (χ1) is 30.0. The average molecular weight is 859 g/mol. The van der Waals surface area contributed by atoms with Crippen LogP contribution in [0, 0.1) is 63.2 Å². The van der Waals surface area contributed by atoms with E-state index in [1.165, 1.54) is 57.6 Å². The molecule has 0 amide bonds. The van der Waals surface area contributed by atoms with Gasteiger partial charge in [0.2, 0.25) is 0 Å². The summed E-state index contributed by atoms with van der Waals surface area (Å²) in [6, 6.07) is 0. The molecule has 2 aliphatic heterocycles. The molecule has 0 radical (unpaired) electrons. The average Bonchev–Trinajstić information content (AvgIpc) is 3.97. The maximum Gasteiger partial charge on any atom is 0.321 e. The van der Waals surface area contributed by atoms with Crippen LogP contribution in [0.2, 0.25) is 0 Å². The van der Waals surface area contributed by atoms with Crippen LogP contribution in [0.4, 0.5) is 0 Å². The zero-order valence-electron chi connectivity index (χ0n) is 40.1. The van der Waals surface area contributed by atoms with Crippen molar-refractivity contribution >= 4 is 47.6 Å². The van der Waals surface area contributed by atoms with Crippen LogP contribution < -0.4 is 16.0 Å². The summed E-state index contributed by atoms with van der Waals surface area (Å²) in [7, 11) is 1.32. The number of nitrogens with one attached hydrogen (secondary N) is 4. The summed E-state index contributed by atoms with van der Waals surface area (Å²) in [5.41, 5.74) is 12.3. The van der Waals surface area contributed by atoms with Crippen LogP contribution in [0.25, 0.3) is 29.9 Å². The van der Waals surface area contributed by atoms with Gasteiger partial charge in [0, 0.05) is 74.1 Å². The number of H-pyrrole nitrogens is 3. The van der Waals surface area contributed by atoms with Gasteiger partial charge in [-0.2, -0.15) is 0 Å². The fourth-order valence-corrected chi connectivity index (χ4v) is 10.1. The molecule has 9 nitrogen and oxygen atoms in total. The molecule has 5 heterocycles. The van der Waals surface area contributed by atoms with Crippen LogP contribution in [0.3, 0.4) is 0 Å². The zero-order chi connectivity index (χ0) is 45.7. The standard InChI is InChI=1S/C54H74N4O5/c1-13-39-36(9)43-28-44-37(10)40(23-24-47(59)63-26-25-33(6)22-16-21-32(5)20-15-19-31(4)18-14-17-30(2)3)51(57-44)49-50(54(61)62-12)53(60)48-38(11)45(58-52(48)49)27-41-34(7)35(8)42(55-41)29-46(39)56-43/h13,25,27-32,37,40,50,55-58H,1,14-24,26H2,2-12H3/b33-25-,41-27-,42-29-,44-28-,51-49-/t31-,32-,37+,40+,50-/m1/s1. The molecule has 3 aliphatic rings. The highest BCUT2D eigenvalue weighted by Crippen LogP contribution is 2.48. The first-order valence-corrected chi connectivity index (χ1v) is 23.7. The van der Waals surface area contributed by atoms with E-state index < -0.39 is 11.9 Å². The molecule has 0 unspecified atom stereocenters. The predicted octanol–water partition coefficient (Wildman–Crippen LogP) is 10.8. The van der Waals surface area contributed by atoms with E-state index in [4.69, 9.17) is 9.47 Å². The number of hydrogen-bond acceptors (Lipinski definition) is 6. The summed E-state index contributed by atoms with van der Waals surface area (Å²) in [5, 5.41) is 5.60. The Bertz CT molecular complexity index is 2430. The number of aromatic nitrogens is 3. The molecule has 0 saturated carbocycles. The Morgan fingerprint density at radius 3 is 2.05 bits per heavy atom. The summed E-state index contributed by atoms with van der Waals surface area (Å²) in [6.45, 7) is 26.3. The van der Waals surface area contributed by atoms with E-state index in [0.717, 1.165) is 97.6 Å². The summed E-state index contributed by atoms with van der Waals surface area (Å²) in [4.78, 5) is 52.2. The van der Waals surface area contributed by atoms with Crippen molar-refractivity contribution in [2.75, 3.05) is 13.7 Å². The van der Waals surface area contributed by atoms with Crippen LogP contribution >= 0.6 is 0 Å². The van der Waals surface area contributed by atoms with E-state index in [2.05, 4.69) is 101 Å². The van der Waals surface area contributed by atoms with Crippen molar-refractivity contribution in [1.29, 1.82) is 0 Å². The molecule has 0 spiro atoms. The molecule has 1 aliphatic carbocycles. The lowest BCUT2D eigenvalue weighted by Gasteiger charge is -2.19. The minimum atomic E-state index is -1.14. The van der Waals surface area contributed by atoms with E-state index in [9.17, 15) is 14.4 Å². The molecule has 1 fully saturated rings. The van der Waals surface area contributed by atoms with E-state index in [1.807, 2.05) is 25.2 Å². The highest BCUT2D eigenvalue weighted by molar-refractivity contribution is 6.24. The van der Waals surface area contributed by atoms with Crippen molar-refractivity contribution in [2.24, 2.45) is 35.5 Å². The number of carbonyl (C=O) groups excluding carboxylic acids is 3. The van der Waals surface area contributed by atoms with Gasteiger partial charge in [-0.25, -0.2) is 0 Å². The molecule has 6 rings (SSSR count). The maximum atomic E-state index is 14.4. The van der Waals surface area contributed by atoms with Gasteiger partial charge in [0.1, 0.15) is 12.5 Å². The Hall–Kier alpha value is -5.05. The number of methoxy groups -OCH3 is 1. The Balaban J connectivity index is 1.20. The number of fused-ring (bicyclic) bond motifs is 7. The quantitative estimate of drug-likeness (QED) is 0.0540. The molecule has 63 heavy (non-hydrogen) atoms. The molecule has 5 atom stereocenters. The molecule has 8 bridgehead atoms. The number of ether oxygens (including phenoxy) is 2. The molecule has 1 saturated heterocycles. The summed E-state index contributed by atoms with van der Waals surface area (Å²) in [5.74, 6) is -0.280. The highest BCUT2D eigenvalue weighted by Gasteiger charge is 2.48. The molecule has 340 valence electrons. The molecule has 3 aromatic rings. The Kier molecular flexibility index (Phi) is 15.5. The molecular formula is C54H74N4O5. The SMILES string of the molecule is C=Cc1c2[nH]c(c1C)/C=C1\N/C(=C3\c4[nH]c(c(C)c4C(=O)[C@@H]3C(=O)OC)/C=c3\[nH]/c(c(C)c3C)=C\2)[C@@H](CCC(=O)OC/C=C(/C)CCC[C@H](C)CCC[C@H](C)CCCC(C)C)[C@@H]1C. The van der Waals surface area contributed by atoms with Gasteiger partial charge < -0.3 is 29.7 Å². The normalized spacial score (nSPS) is 22.2. The third-order valence-electron chi connectivity index (χ3n) is 14.4. The number of Topliss-reactive ketones (excluding diaryl/α,β-unsaturated/α-hetero) is 1. The summed E-state index contributed by atoms with van der Waals surface area (Å²) >= 11 is 0. The second-order valence-corrected chi connectivity index (χ2v) is 19.5. The van der Waals surface area contributed by atoms with Crippen LogP contribution in [0.15, 0.2) is 29.6 Å². The molecule has 0 aromatic carbocycles. The Labute approximate surface area is 376 Å². The van der Waals surface area contributed by atoms with Crippen LogP contribution in [-0.2, 0) is 19.1 Å². The molecule has 3 aromatic heterocycles. The third kappa shape index (κ3) is 10.5. The minimum absolute atomic E-state index is 0.0871. The van der Waals surface area contributed by atoms with Crippen molar-refractivity contribution in [3.05, 3.63) is 96.5 Å². The predicted molar refractivity (Wildman–Crippen MR) is 257 cm³/mol. The van der Waals surface area contributed by atoms with Gasteiger partial charge in [-0.05, 0) is 118 Å². The number of rotatable bonds is 19. The van der Waals surface area contributed by atoms with Crippen molar-refractivity contribution in [3.63, 3.8) is 0 Å². The molecular weight excluding hydrogens is 785 g/mol. The third-order valence-corrected chi connectivity index (χ3v) is 14.4. The highest BCUT2D eigenvalue weighted by atomic mass is 16.5. The largest absolute Gasteiger partial charge is 0.468 e. The van der Waals surface area contributed by atoms with Gasteiger partial charge in [-0.15, -0.1) is 0 Å². The lowest BCUT2D eigenvalue weighted by atomic mass is 9.85. The topological polar surface area (TPSA) is 129 Å². The van der Waals surface area contributed by atoms with E-state index in [0.29, 0.717) is 23.3 Å². The van der Waals surface area contributed by atoms with Crippen molar-refractivity contribution in [2.45, 2.75) is 140 Å². The van der Waals surface area contributed by atoms with Crippen molar-refractivity contribution in [1.82, 2.24) is 20.3 Å². The smallest absolute Gasteiger partial charge is 0.321 e. The second kappa shape index (κ2) is 20.6. The van der Waals surface area contributed by atoms with Gasteiger partial charge in [0.15, 0.2) is 5.78 Å². The first kappa shape index (κ1) is 47.4. The van der Waals surface area contributed by atoms with Gasteiger partial charge in [-0.1, -0.05) is 97.8 Å². The van der Waals surface area contributed by atoms with E-state index >= 15 is 0 Å². The number of allylic oxidation sites excluding steroid dienone is 3. The molecule has 4 N–H and O–H groups in total. The summed E-state index contributed by atoms with van der Waals surface area (Å²) < 4.78 is 11.1. The number of aromatic amines is 3. The zero-order valence-corrected chi connectivity index (χ0v) is 40.1. The van der Waals surface area contributed by atoms with Gasteiger partial charge in [0.25, 0.3) is 0 Å². The lowest BCUT2D eigenvalue weighted by Crippen LogP contribution is -2.25. The lowest BCUT2D eigenvalue weighted by molar-refractivity contribution is -0.143.